The van der Waals surface area contributed by atoms with Gasteiger partial charge in [0, 0.05) is 12.4 Å². The molecule has 1 aromatic heterocycles. The molecular weight excluding hydrogens is 235 g/mol. The second kappa shape index (κ2) is 5.88. The third kappa shape index (κ3) is 3.36. The van der Waals surface area contributed by atoms with Gasteiger partial charge in [0.1, 0.15) is 11.6 Å². The van der Waals surface area contributed by atoms with E-state index < -0.39 is 12.4 Å². The van der Waals surface area contributed by atoms with E-state index in [0.29, 0.717) is 11.3 Å². The van der Waals surface area contributed by atoms with Gasteiger partial charge in [-0.05, 0) is 29.8 Å². The molecule has 0 bridgehead atoms. The van der Waals surface area contributed by atoms with E-state index in [4.69, 9.17) is 9.84 Å². The number of benzene rings is 1. The van der Waals surface area contributed by atoms with Crippen molar-refractivity contribution in [2.75, 3.05) is 6.61 Å². The number of hydrogen-bond acceptors (Lipinski definition) is 4. The molecule has 0 spiro atoms. The van der Waals surface area contributed by atoms with Crippen molar-refractivity contribution < 1.29 is 14.2 Å². The monoisotopic (exact) mass is 246 g/mol. The summed E-state index contributed by atoms with van der Waals surface area (Å²) in [6, 6.07) is 8.64. The summed E-state index contributed by atoms with van der Waals surface area (Å²) >= 11 is 0. The molecule has 0 radical (unpaired) electrons. The minimum Gasteiger partial charge on any atom is -0.424 e. The van der Waals surface area contributed by atoms with Crippen molar-refractivity contribution in [3.63, 3.8) is 0 Å². The molecule has 18 heavy (non-hydrogen) atoms. The van der Waals surface area contributed by atoms with Gasteiger partial charge in [-0.15, -0.1) is 0 Å². The van der Waals surface area contributed by atoms with Crippen LogP contribution in [0.25, 0.3) is 6.08 Å². The molecule has 0 unspecified atom stereocenters. The third-order valence-electron chi connectivity index (χ3n) is 2.11. The lowest BCUT2D eigenvalue weighted by molar-refractivity contribution is 0.300. The van der Waals surface area contributed by atoms with Crippen LogP contribution in [0.3, 0.4) is 0 Å². The van der Waals surface area contributed by atoms with Gasteiger partial charge in [-0.2, -0.15) is 0 Å². The molecular formula is C13H11FN2O2. The molecule has 2 rings (SSSR count). The van der Waals surface area contributed by atoms with E-state index in [1.54, 1.807) is 42.7 Å². The molecule has 0 atom stereocenters. The maximum Gasteiger partial charge on any atom is 0.321 e. The van der Waals surface area contributed by atoms with Crippen molar-refractivity contribution in [1.29, 1.82) is 0 Å². The number of aliphatic hydroxyl groups is 1. The van der Waals surface area contributed by atoms with E-state index in [9.17, 15) is 4.39 Å². The Hall–Kier alpha value is -2.27. The zero-order chi connectivity index (χ0) is 12.8. The standard InChI is InChI=1S/C13H11FN2O2/c14-11(9-17)8-10-2-4-12(5-3-10)18-13-15-6-1-7-16-13/h1-8,17H,9H2/b11-8+. The Morgan fingerprint density at radius 1 is 1.22 bits per heavy atom. The Labute approximate surface area is 103 Å². The molecule has 0 saturated heterocycles. The van der Waals surface area contributed by atoms with E-state index in [1.807, 2.05) is 0 Å². The van der Waals surface area contributed by atoms with Crippen molar-refractivity contribution in [1.82, 2.24) is 9.97 Å². The molecule has 0 aliphatic rings. The zero-order valence-corrected chi connectivity index (χ0v) is 9.45. The molecule has 0 amide bonds. The highest BCUT2D eigenvalue weighted by Gasteiger charge is 1.99. The lowest BCUT2D eigenvalue weighted by atomic mass is 10.2. The first-order valence-corrected chi connectivity index (χ1v) is 5.30. The highest BCUT2D eigenvalue weighted by Crippen LogP contribution is 2.18. The molecule has 92 valence electrons. The number of halogens is 1. The lowest BCUT2D eigenvalue weighted by Crippen LogP contribution is -1.90. The van der Waals surface area contributed by atoms with Gasteiger partial charge in [-0.3, -0.25) is 0 Å². The molecule has 1 N–H and O–H groups in total. The fourth-order valence-corrected chi connectivity index (χ4v) is 1.30. The number of hydrogen-bond donors (Lipinski definition) is 1. The Bertz CT molecular complexity index is 526. The number of nitrogens with zero attached hydrogens (tertiary/aromatic N) is 2. The fourth-order valence-electron chi connectivity index (χ4n) is 1.30. The molecule has 4 nitrogen and oxygen atoms in total. The average Bonchev–Trinajstić information content (AvgIpc) is 2.42. The Kier molecular flexibility index (Phi) is 3.98. The zero-order valence-electron chi connectivity index (χ0n) is 9.45. The van der Waals surface area contributed by atoms with Crippen molar-refractivity contribution in [2.24, 2.45) is 0 Å². The summed E-state index contributed by atoms with van der Waals surface area (Å²) in [5.74, 6) is -0.0298. The van der Waals surface area contributed by atoms with Crippen LogP contribution in [0.15, 0.2) is 48.6 Å². The maximum atomic E-state index is 12.8. The molecule has 0 fully saturated rings. The van der Waals surface area contributed by atoms with Crippen LogP contribution in [0.2, 0.25) is 0 Å². The van der Waals surface area contributed by atoms with Gasteiger partial charge in [0.25, 0.3) is 0 Å². The minimum absolute atomic E-state index is 0.252. The summed E-state index contributed by atoms with van der Waals surface area (Å²) in [7, 11) is 0. The lowest BCUT2D eigenvalue weighted by Gasteiger charge is -2.03. The van der Waals surface area contributed by atoms with Crippen molar-refractivity contribution in [3.05, 3.63) is 54.1 Å². The van der Waals surface area contributed by atoms with Crippen molar-refractivity contribution in [3.8, 4) is 11.8 Å². The molecule has 1 aromatic carbocycles. The maximum absolute atomic E-state index is 12.8. The second-order valence-electron chi connectivity index (χ2n) is 3.45. The highest BCUT2D eigenvalue weighted by molar-refractivity contribution is 5.52. The minimum atomic E-state index is -0.601. The second-order valence-corrected chi connectivity index (χ2v) is 3.45. The topological polar surface area (TPSA) is 55.2 Å². The molecule has 0 aliphatic carbocycles. The first-order chi connectivity index (χ1) is 8.78. The first kappa shape index (κ1) is 12.2. The third-order valence-corrected chi connectivity index (χ3v) is 2.11. The van der Waals surface area contributed by atoms with Gasteiger partial charge >= 0.3 is 6.01 Å². The predicted octanol–water partition coefficient (Wildman–Crippen LogP) is 2.57. The summed E-state index contributed by atoms with van der Waals surface area (Å²) in [5, 5.41) is 8.56. The summed E-state index contributed by atoms with van der Waals surface area (Å²) in [6.07, 6.45) is 4.41. The smallest absolute Gasteiger partial charge is 0.321 e. The number of ether oxygens (including phenoxy) is 1. The molecule has 0 saturated carbocycles. The normalized spacial score (nSPS) is 11.3. The van der Waals surface area contributed by atoms with Crippen LogP contribution in [-0.4, -0.2) is 21.7 Å². The summed E-state index contributed by atoms with van der Waals surface area (Å²) < 4.78 is 18.2. The van der Waals surface area contributed by atoms with Gasteiger partial charge in [0.15, 0.2) is 0 Å². The van der Waals surface area contributed by atoms with Gasteiger partial charge < -0.3 is 9.84 Å². The largest absolute Gasteiger partial charge is 0.424 e. The van der Waals surface area contributed by atoms with Gasteiger partial charge in [-0.25, -0.2) is 14.4 Å². The average molecular weight is 246 g/mol. The van der Waals surface area contributed by atoms with Crippen LogP contribution in [0, 0.1) is 0 Å². The van der Waals surface area contributed by atoms with E-state index in [1.165, 1.54) is 6.08 Å². The molecule has 2 aromatic rings. The summed E-state index contributed by atoms with van der Waals surface area (Å²) in [4.78, 5) is 7.84. The Balaban J connectivity index is 2.09. The van der Waals surface area contributed by atoms with Gasteiger partial charge in [-0.1, -0.05) is 12.1 Å². The summed E-state index contributed by atoms with van der Waals surface area (Å²) in [5.41, 5.74) is 0.642. The van der Waals surface area contributed by atoms with Crippen LogP contribution in [-0.2, 0) is 0 Å². The Morgan fingerprint density at radius 3 is 2.50 bits per heavy atom. The van der Waals surface area contributed by atoms with E-state index in [0.717, 1.165) is 0 Å². The van der Waals surface area contributed by atoms with Gasteiger partial charge in [0.2, 0.25) is 0 Å². The quantitative estimate of drug-likeness (QED) is 0.900. The number of aliphatic hydroxyl groups excluding tert-OH is 1. The molecule has 5 heteroatoms. The SMILES string of the molecule is OC/C(F)=C\c1ccc(Oc2ncccn2)cc1. The van der Waals surface area contributed by atoms with Crippen LogP contribution in [0.5, 0.6) is 11.8 Å². The van der Waals surface area contributed by atoms with E-state index in [2.05, 4.69) is 9.97 Å². The molecule has 1 heterocycles. The van der Waals surface area contributed by atoms with Crippen LogP contribution >= 0.6 is 0 Å². The fraction of sp³-hybridized carbons (Fsp3) is 0.0769. The van der Waals surface area contributed by atoms with Crippen LogP contribution in [0.1, 0.15) is 5.56 Å². The van der Waals surface area contributed by atoms with Crippen LogP contribution < -0.4 is 4.74 Å². The van der Waals surface area contributed by atoms with Crippen molar-refractivity contribution >= 4 is 6.08 Å². The Morgan fingerprint density at radius 2 is 1.89 bits per heavy atom. The van der Waals surface area contributed by atoms with E-state index >= 15 is 0 Å². The van der Waals surface area contributed by atoms with Gasteiger partial charge in [0.05, 0.1) is 6.61 Å². The van der Waals surface area contributed by atoms with Crippen LogP contribution in [0.4, 0.5) is 4.39 Å². The number of aromatic nitrogens is 2. The number of rotatable bonds is 4. The summed E-state index contributed by atoms with van der Waals surface area (Å²) in [6.45, 7) is -0.601. The van der Waals surface area contributed by atoms with Crippen molar-refractivity contribution in [2.45, 2.75) is 0 Å². The first-order valence-electron chi connectivity index (χ1n) is 5.30. The highest BCUT2D eigenvalue weighted by atomic mass is 19.1. The molecule has 0 aliphatic heterocycles. The predicted molar refractivity (Wildman–Crippen MR) is 64.7 cm³/mol. The van der Waals surface area contributed by atoms with E-state index in [-0.39, 0.29) is 6.01 Å².